The predicted octanol–water partition coefficient (Wildman–Crippen LogP) is 3.84. The van der Waals surface area contributed by atoms with Crippen LogP contribution in [-0.4, -0.2) is 26.3 Å². The van der Waals surface area contributed by atoms with Crippen molar-refractivity contribution in [1.82, 2.24) is 14.9 Å². The van der Waals surface area contributed by atoms with Crippen molar-refractivity contribution in [1.29, 1.82) is 0 Å². The predicted molar refractivity (Wildman–Crippen MR) is 97.8 cm³/mol. The lowest BCUT2D eigenvalue weighted by atomic mass is 10.0. The number of aromatic nitrogens is 3. The molecule has 1 aliphatic heterocycles. The molecule has 0 spiro atoms. The average molecular weight is 334 g/mol. The zero-order valence-electron chi connectivity index (χ0n) is 13.7. The van der Waals surface area contributed by atoms with Crippen molar-refractivity contribution in [2.75, 3.05) is 5.75 Å². The summed E-state index contributed by atoms with van der Waals surface area (Å²) in [7, 11) is 0. The Kier molecular flexibility index (Phi) is 3.94. The van der Waals surface area contributed by atoms with Gasteiger partial charge in [-0.25, -0.2) is 0 Å². The van der Waals surface area contributed by atoms with Gasteiger partial charge in [-0.2, -0.15) is 9.78 Å². The molecule has 1 aromatic heterocycles. The van der Waals surface area contributed by atoms with Crippen LogP contribution in [0, 0.1) is 13.8 Å². The third-order valence-corrected chi connectivity index (χ3v) is 5.21. The van der Waals surface area contributed by atoms with Gasteiger partial charge in [-0.05, 0) is 42.2 Å². The minimum absolute atomic E-state index is 0.734. The van der Waals surface area contributed by atoms with Gasteiger partial charge in [0, 0.05) is 12.2 Å². The van der Waals surface area contributed by atoms with E-state index in [-0.39, 0.29) is 0 Å². The number of thioether (sulfide) groups is 1. The molecule has 0 amide bonds. The van der Waals surface area contributed by atoms with Crippen molar-refractivity contribution < 1.29 is 0 Å². The fraction of sp³-hybridized carbons (Fsp3) is 0.211. The number of nitrogens with zero attached hydrogens (tertiary/aromatic N) is 4. The first kappa shape index (κ1) is 15.1. The molecule has 0 radical (unpaired) electrons. The van der Waals surface area contributed by atoms with E-state index in [1.807, 2.05) is 22.9 Å². The van der Waals surface area contributed by atoms with E-state index in [9.17, 15) is 0 Å². The van der Waals surface area contributed by atoms with Gasteiger partial charge in [0.1, 0.15) is 0 Å². The number of aryl methyl sites for hydroxylation is 2. The van der Waals surface area contributed by atoms with Gasteiger partial charge in [0.15, 0.2) is 5.82 Å². The molecule has 0 bridgehead atoms. The first-order valence-electron chi connectivity index (χ1n) is 7.97. The van der Waals surface area contributed by atoms with E-state index < -0.39 is 0 Å². The minimum atomic E-state index is 0.734. The number of hydrogen-bond acceptors (Lipinski definition) is 4. The highest BCUT2D eigenvalue weighted by atomic mass is 32.2. The fourth-order valence-electron chi connectivity index (χ4n) is 2.72. The molecule has 0 fully saturated rings. The van der Waals surface area contributed by atoms with Gasteiger partial charge in [0.25, 0.3) is 0 Å². The molecule has 120 valence electrons. The van der Waals surface area contributed by atoms with Crippen LogP contribution in [0.4, 0.5) is 0 Å². The molecule has 0 atom stereocenters. The molecular weight excluding hydrogens is 316 g/mol. The van der Waals surface area contributed by atoms with Crippen molar-refractivity contribution >= 4 is 17.5 Å². The summed E-state index contributed by atoms with van der Waals surface area (Å²) in [6.07, 6.45) is 0.734. The van der Waals surface area contributed by atoms with E-state index in [4.69, 9.17) is 5.10 Å². The van der Waals surface area contributed by atoms with Gasteiger partial charge < -0.3 is 0 Å². The Hall–Kier alpha value is -2.40. The highest BCUT2D eigenvalue weighted by molar-refractivity contribution is 7.99. The van der Waals surface area contributed by atoms with Crippen LogP contribution in [0.15, 0.2) is 58.8 Å². The normalized spacial score (nSPS) is 13.5. The third-order valence-electron chi connectivity index (χ3n) is 4.28. The molecule has 0 saturated heterocycles. The molecule has 4 rings (SSSR count). The zero-order chi connectivity index (χ0) is 16.5. The van der Waals surface area contributed by atoms with Crippen molar-refractivity contribution in [3.05, 3.63) is 76.6 Å². The van der Waals surface area contributed by atoms with Crippen LogP contribution in [0.1, 0.15) is 28.1 Å². The standard InChI is InChI=1S/C19H18N4S/c1-13-8-9-16(10-14(13)2)17-12-24-19-21-20-18(23(19)22-17)11-15-6-4-3-5-7-15/h3-10H,11-12H2,1-2H3. The second-order valence-corrected chi connectivity index (χ2v) is 6.95. The number of hydrogen-bond donors (Lipinski definition) is 0. The molecule has 0 aliphatic carbocycles. The highest BCUT2D eigenvalue weighted by Gasteiger charge is 2.20. The molecular formula is C19H18N4S. The summed E-state index contributed by atoms with van der Waals surface area (Å²) in [4.78, 5) is 0. The Labute approximate surface area is 145 Å². The van der Waals surface area contributed by atoms with Crippen LogP contribution in [0.5, 0.6) is 0 Å². The van der Waals surface area contributed by atoms with Gasteiger partial charge in [-0.1, -0.05) is 54.2 Å². The topological polar surface area (TPSA) is 43.1 Å². The number of benzene rings is 2. The molecule has 4 nitrogen and oxygen atoms in total. The second kappa shape index (κ2) is 6.24. The van der Waals surface area contributed by atoms with E-state index in [1.165, 1.54) is 22.3 Å². The maximum absolute atomic E-state index is 4.83. The third kappa shape index (κ3) is 2.87. The van der Waals surface area contributed by atoms with E-state index in [0.29, 0.717) is 0 Å². The maximum atomic E-state index is 4.83. The van der Waals surface area contributed by atoms with Crippen LogP contribution >= 0.6 is 11.8 Å². The van der Waals surface area contributed by atoms with Crippen molar-refractivity contribution in [3.8, 4) is 0 Å². The second-order valence-electron chi connectivity index (χ2n) is 6.01. The molecule has 1 aliphatic rings. The van der Waals surface area contributed by atoms with E-state index in [0.717, 1.165) is 28.9 Å². The summed E-state index contributed by atoms with van der Waals surface area (Å²) in [5.74, 6) is 1.70. The highest BCUT2D eigenvalue weighted by Crippen LogP contribution is 2.25. The molecule has 24 heavy (non-hydrogen) atoms. The lowest BCUT2D eigenvalue weighted by Crippen LogP contribution is -2.15. The first-order valence-corrected chi connectivity index (χ1v) is 8.96. The fourth-order valence-corrected chi connectivity index (χ4v) is 3.58. The van der Waals surface area contributed by atoms with Gasteiger partial charge in [0.05, 0.1) is 5.71 Å². The molecule has 3 aromatic rings. The molecule has 0 N–H and O–H groups in total. The van der Waals surface area contributed by atoms with Crippen LogP contribution in [0.25, 0.3) is 0 Å². The summed E-state index contributed by atoms with van der Waals surface area (Å²) in [5.41, 5.74) is 6.06. The Morgan fingerprint density at radius 1 is 1.00 bits per heavy atom. The Morgan fingerprint density at radius 3 is 2.62 bits per heavy atom. The van der Waals surface area contributed by atoms with Crippen LogP contribution < -0.4 is 0 Å². The molecule has 5 heteroatoms. The summed E-state index contributed by atoms with van der Waals surface area (Å²) in [6, 6.07) is 16.8. The van der Waals surface area contributed by atoms with E-state index in [1.54, 1.807) is 11.8 Å². The minimum Gasteiger partial charge on any atom is -0.191 e. The quantitative estimate of drug-likeness (QED) is 0.731. The Morgan fingerprint density at radius 2 is 1.83 bits per heavy atom. The van der Waals surface area contributed by atoms with Gasteiger partial charge in [-0.15, -0.1) is 10.2 Å². The van der Waals surface area contributed by atoms with E-state index >= 15 is 0 Å². The summed E-state index contributed by atoms with van der Waals surface area (Å²) >= 11 is 1.69. The van der Waals surface area contributed by atoms with E-state index in [2.05, 4.69) is 54.4 Å². The largest absolute Gasteiger partial charge is 0.212 e. The molecule has 2 aromatic carbocycles. The van der Waals surface area contributed by atoms with Gasteiger partial charge in [-0.3, -0.25) is 0 Å². The van der Waals surface area contributed by atoms with Gasteiger partial charge in [0.2, 0.25) is 5.16 Å². The average Bonchev–Trinajstić information content (AvgIpc) is 3.00. The smallest absolute Gasteiger partial charge is 0.191 e. The number of rotatable bonds is 3. The van der Waals surface area contributed by atoms with Crippen molar-refractivity contribution in [2.45, 2.75) is 25.4 Å². The maximum Gasteiger partial charge on any atom is 0.212 e. The SMILES string of the molecule is Cc1ccc(C2=Nn3c(Cc4ccccc4)nnc3SC2)cc1C. The number of fused-ring (bicyclic) bond motifs is 1. The summed E-state index contributed by atoms with van der Waals surface area (Å²) in [5, 5.41) is 14.3. The monoisotopic (exact) mass is 334 g/mol. The molecule has 2 heterocycles. The lowest BCUT2D eigenvalue weighted by molar-refractivity contribution is 0.720. The first-order chi connectivity index (χ1) is 11.7. The van der Waals surface area contributed by atoms with Crippen LogP contribution in [0.2, 0.25) is 0 Å². The molecule has 0 unspecified atom stereocenters. The van der Waals surface area contributed by atoms with Gasteiger partial charge >= 0.3 is 0 Å². The lowest BCUT2D eigenvalue weighted by Gasteiger charge is -2.15. The summed E-state index contributed by atoms with van der Waals surface area (Å²) in [6.45, 7) is 4.27. The Bertz CT molecular complexity index is 912. The van der Waals surface area contributed by atoms with Crippen LogP contribution in [-0.2, 0) is 6.42 Å². The van der Waals surface area contributed by atoms with Crippen molar-refractivity contribution in [3.63, 3.8) is 0 Å². The zero-order valence-corrected chi connectivity index (χ0v) is 14.5. The summed E-state index contributed by atoms with van der Waals surface area (Å²) < 4.78 is 1.89. The molecule has 0 saturated carbocycles. The Balaban J connectivity index is 1.69. The van der Waals surface area contributed by atoms with Crippen molar-refractivity contribution in [2.24, 2.45) is 5.10 Å². The van der Waals surface area contributed by atoms with Crippen LogP contribution in [0.3, 0.4) is 0 Å².